The molecule has 0 N–H and O–H groups in total. The maximum Gasteiger partial charge on any atom is 0.215 e. The Hall–Kier alpha value is -0.860. The van der Waals surface area contributed by atoms with Crippen molar-refractivity contribution >= 4 is 0 Å². The molecule has 1 heterocycles. The first-order valence-corrected chi connectivity index (χ1v) is 5.09. The monoisotopic (exact) mass is 198 g/mol. The molecule has 14 heavy (non-hydrogen) atoms. The number of halogens is 1. The molecule has 0 aliphatic rings. The van der Waals surface area contributed by atoms with Crippen LogP contribution in [0, 0.1) is 5.95 Å². The minimum absolute atomic E-state index is 0.164. The number of aromatic nitrogens is 2. The summed E-state index contributed by atoms with van der Waals surface area (Å²) in [5, 5.41) is 4.21. The van der Waals surface area contributed by atoms with E-state index in [4.69, 9.17) is 0 Å². The molecule has 3 heteroatoms. The van der Waals surface area contributed by atoms with Gasteiger partial charge >= 0.3 is 0 Å². The SMILES string of the molecule is CCCc1nn(C)c(F)c1C(C)(C)C. The molecule has 1 rings (SSSR count). The summed E-state index contributed by atoms with van der Waals surface area (Å²) in [5.74, 6) is -0.194. The quantitative estimate of drug-likeness (QED) is 0.714. The van der Waals surface area contributed by atoms with Crippen LogP contribution in [0.3, 0.4) is 0 Å². The zero-order valence-electron chi connectivity index (χ0n) is 9.69. The second-order valence-corrected chi connectivity index (χ2v) is 4.74. The largest absolute Gasteiger partial charge is 0.242 e. The smallest absolute Gasteiger partial charge is 0.215 e. The van der Waals surface area contributed by atoms with E-state index in [1.165, 1.54) is 4.68 Å². The van der Waals surface area contributed by atoms with Crippen molar-refractivity contribution in [3.63, 3.8) is 0 Å². The highest BCUT2D eigenvalue weighted by atomic mass is 19.1. The standard InChI is InChI=1S/C11H19FN2/c1-6-7-8-9(11(2,3)4)10(12)14(5)13-8/h6-7H2,1-5H3. The van der Waals surface area contributed by atoms with Crippen LogP contribution in [-0.4, -0.2) is 9.78 Å². The van der Waals surface area contributed by atoms with Crippen LogP contribution in [0.15, 0.2) is 0 Å². The average molecular weight is 198 g/mol. The lowest BCUT2D eigenvalue weighted by Crippen LogP contribution is -2.15. The second-order valence-electron chi connectivity index (χ2n) is 4.74. The van der Waals surface area contributed by atoms with Crippen molar-refractivity contribution in [1.82, 2.24) is 9.78 Å². The van der Waals surface area contributed by atoms with E-state index in [2.05, 4.69) is 12.0 Å². The van der Waals surface area contributed by atoms with Gasteiger partial charge in [-0.2, -0.15) is 9.49 Å². The molecule has 0 aromatic carbocycles. The lowest BCUT2D eigenvalue weighted by atomic mass is 9.86. The topological polar surface area (TPSA) is 17.8 Å². The fourth-order valence-corrected chi connectivity index (χ4v) is 1.71. The van der Waals surface area contributed by atoms with E-state index in [1.54, 1.807) is 7.05 Å². The van der Waals surface area contributed by atoms with Gasteiger partial charge in [-0.3, -0.25) is 0 Å². The van der Waals surface area contributed by atoms with Crippen LogP contribution in [0.25, 0.3) is 0 Å². The third-order valence-corrected chi connectivity index (χ3v) is 2.29. The van der Waals surface area contributed by atoms with Crippen molar-refractivity contribution in [2.75, 3.05) is 0 Å². The van der Waals surface area contributed by atoms with Gasteiger partial charge in [0.05, 0.1) is 5.69 Å². The first-order valence-electron chi connectivity index (χ1n) is 5.09. The Bertz CT molecular complexity index is 321. The minimum atomic E-state index is -0.194. The molecule has 0 saturated carbocycles. The maximum absolute atomic E-state index is 13.7. The molecule has 0 spiro atoms. The Morgan fingerprint density at radius 1 is 1.36 bits per heavy atom. The summed E-state index contributed by atoms with van der Waals surface area (Å²) in [5.41, 5.74) is 1.50. The summed E-state index contributed by atoms with van der Waals surface area (Å²) in [6, 6.07) is 0. The number of hydrogen-bond donors (Lipinski definition) is 0. The lowest BCUT2D eigenvalue weighted by Gasteiger charge is -2.18. The van der Waals surface area contributed by atoms with Crippen LogP contribution in [-0.2, 0) is 18.9 Å². The normalized spacial score (nSPS) is 12.1. The molecular weight excluding hydrogens is 179 g/mol. The Morgan fingerprint density at radius 3 is 2.36 bits per heavy atom. The molecule has 1 aromatic heterocycles. The van der Waals surface area contributed by atoms with Crippen molar-refractivity contribution in [1.29, 1.82) is 0 Å². The van der Waals surface area contributed by atoms with Gasteiger partial charge in [0.25, 0.3) is 0 Å². The minimum Gasteiger partial charge on any atom is -0.242 e. The van der Waals surface area contributed by atoms with E-state index >= 15 is 0 Å². The highest BCUT2D eigenvalue weighted by Crippen LogP contribution is 2.28. The van der Waals surface area contributed by atoms with Gasteiger partial charge < -0.3 is 0 Å². The fourth-order valence-electron chi connectivity index (χ4n) is 1.71. The van der Waals surface area contributed by atoms with Gasteiger partial charge in [-0.1, -0.05) is 34.1 Å². The number of rotatable bonds is 2. The average Bonchev–Trinajstić information content (AvgIpc) is 2.27. The molecule has 2 nitrogen and oxygen atoms in total. The first kappa shape index (κ1) is 11.2. The van der Waals surface area contributed by atoms with Gasteiger partial charge in [0.2, 0.25) is 5.95 Å². The van der Waals surface area contributed by atoms with Crippen LogP contribution < -0.4 is 0 Å². The first-order chi connectivity index (χ1) is 6.38. The van der Waals surface area contributed by atoms with Gasteiger partial charge in [-0.15, -0.1) is 0 Å². The predicted octanol–water partition coefficient (Wildman–Crippen LogP) is 2.81. The van der Waals surface area contributed by atoms with E-state index < -0.39 is 0 Å². The van der Waals surface area contributed by atoms with Crippen molar-refractivity contribution in [2.45, 2.75) is 46.0 Å². The summed E-state index contributed by atoms with van der Waals surface area (Å²) in [6.45, 7) is 8.14. The van der Waals surface area contributed by atoms with Crippen LogP contribution in [0.1, 0.15) is 45.4 Å². The van der Waals surface area contributed by atoms with E-state index in [9.17, 15) is 4.39 Å². The van der Waals surface area contributed by atoms with Crippen molar-refractivity contribution in [3.05, 3.63) is 17.2 Å². The molecule has 0 radical (unpaired) electrons. The zero-order chi connectivity index (χ0) is 10.9. The van der Waals surface area contributed by atoms with Crippen molar-refractivity contribution in [2.24, 2.45) is 7.05 Å². The molecule has 0 saturated heterocycles. The van der Waals surface area contributed by atoms with E-state index in [0.29, 0.717) is 0 Å². The molecule has 1 aromatic rings. The maximum atomic E-state index is 13.7. The molecular formula is C11H19FN2. The number of nitrogens with zero attached hydrogens (tertiary/aromatic N) is 2. The van der Waals surface area contributed by atoms with Crippen LogP contribution in [0.4, 0.5) is 4.39 Å². The second kappa shape index (κ2) is 3.71. The summed E-state index contributed by atoms with van der Waals surface area (Å²) in [6.07, 6.45) is 1.85. The number of aryl methyl sites for hydroxylation is 2. The molecule has 0 fully saturated rings. The molecule has 0 unspecified atom stereocenters. The Balaban J connectivity index is 3.23. The number of hydrogen-bond acceptors (Lipinski definition) is 1. The van der Waals surface area contributed by atoms with Crippen molar-refractivity contribution < 1.29 is 4.39 Å². The van der Waals surface area contributed by atoms with Gasteiger partial charge in [0.15, 0.2) is 0 Å². The third kappa shape index (κ3) is 1.97. The molecule has 0 aliphatic carbocycles. The summed E-state index contributed by atoms with van der Waals surface area (Å²) < 4.78 is 15.1. The van der Waals surface area contributed by atoms with Gasteiger partial charge in [-0.25, -0.2) is 4.68 Å². The zero-order valence-corrected chi connectivity index (χ0v) is 9.69. The summed E-state index contributed by atoms with van der Waals surface area (Å²) >= 11 is 0. The van der Waals surface area contributed by atoms with Crippen LogP contribution >= 0.6 is 0 Å². The summed E-state index contributed by atoms with van der Waals surface area (Å²) in [4.78, 5) is 0. The van der Waals surface area contributed by atoms with E-state index in [-0.39, 0.29) is 11.4 Å². The molecule has 0 atom stereocenters. The van der Waals surface area contributed by atoms with E-state index in [0.717, 1.165) is 24.1 Å². The van der Waals surface area contributed by atoms with Crippen LogP contribution in [0.2, 0.25) is 0 Å². The molecule has 0 bridgehead atoms. The Morgan fingerprint density at radius 2 is 1.93 bits per heavy atom. The van der Waals surface area contributed by atoms with E-state index in [1.807, 2.05) is 20.8 Å². The van der Waals surface area contributed by atoms with Gasteiger partial charge in [0.1, 0.15) is 0 Å². The van der Waals surface area contributed by atoms with Gasteiger partial charge in [0, 0.05) is 12.6 Å². The predicted molar refractivity (Wildman–Crippen MR) is 55.9 cm³/mol. The fraction of sp³-hybridized carbons (Fsp3) is 0.727. The van der Waals surface area contributed by atoms with Crippen LogP contribution in [0.5, 0.6) is 0 Å². The molecule has 80 valence electrons. The molecule has 0 amide bonds. The Kier molecular flexibility index (Phi) is 2.98. The van der Waals surface area contributed by atoms with Crippen molar-refractivity contribution in [3.8, 4) is 0 Å². The van der Waals surface area contributed by atoms with Gasteiger partial charge in [-0.05, 0) is 11.8 Å². The highest BCUT2D eigenvalue weighted by Gasteiger charge is 2.26. The third-order valence-electron chi connectivity index (χ3n) is 2.29. The highest BCUT2D eigenvalue weighted by molar-refractivity contribution is 5.26. The Labute approximate surface area is 85.1 Å². The molecule has 0 aliphatic heterocycles. The lowest BCUT2D eigenvalue weighted by molar-refractivity contribution is 0.464. The summed E-state index contributed by atoms with van der Waals surface area (Å²) in [7, 11) is 1.66.